The summed E-state index contributed by atoms with van der Waals surface area (Å²) in [6.45, 7) is 8.41. The molecule has 11 heavy (non-hydrogen) atoms. The summed E-state index contributed by atoms with van der Waals surface area (Å²) in [5.41, 5.74) is 0. The monoisotopic (exact) mass is 177 g/mol. The molecule has 0 aromatic heterocycles. The van der Waals surface area contributed by atoms with Crippen molar-refractivity contribution in [2.45, 2.75) is 0 Å². The van der Waals surface area contributed by atoms with Crippen molar-refractivity contribution in [3.63, 3.8) is 0 Å². The summed E-state index contributed by atoms with van der Waals surface area (Å²) in [5, 5.41) is 1.44. The Morgan fingerprint density at radius 2 is 1.73 bits per heavy atom. The van der Waals surface area contributed by atoms with Gasteiger partial charge in [0.25, 0.3) is 0 Å². The fraction of sp³-hybridized carbons (Fsp3) is 0.286. The summed E-state index contributed by atoms with van der Waals surface area (Å²) < 4.78 is 0. The number of carbonyl (C=O) groups excluding carboxylic acids is 1. The third-order valence-electron chi connectivity index (χ3n) is 0.858. The lowest BCUT2D eigenvalue weighted by atomic mass is 10.5. The second-order valence-electron chi connectivity index (χ2n) is 1.63. The van der Waals surface area contributed by atoms with Crippen LogP contribution in [0.15, 0.2) is 25.3 Å². The topological polar surface area (TPSA) is 29.5 Å². The fourth-order valence-electron chi connectivity index (χ4n) is 0.509. The molecule has 0 rings (SSSR count). The zero-order valence-corrected chi connectivity index (χ0v) is 7.05. The second kappa shape index (κ2) is 9.20. The highest BCUT2D eigenvalue weighted by Gasteiger charge is 1.97. The fourth-order valence-corrected chi connectivity index (χ4v) is 0.509. The van der Waals surface area contributed by atoms with Crippen LogP contribution in [-0.2, 0) is 9.63 Å². The van der Waals surface area contributed by atoms with Gasteiger partial charge in [0.1, 0.15) is 0 Å². The molecule has 3 nitrogen and oxygen atoms in total. The molecule has 0 aromatic rings. The summed E-state index contributed by atoms with van der Waals surface area (Å²) in [6, 6.07) is 0. The van der Waals surface area contributed by atoms with Gasteiger partial charge in [0.05, 0.1) is 13.1 Å². The van der Waals surface area contributed by atoms with E-state index in [4.69, 9.17) is 0 Å². The molecule has 0 atom stereocenters. The van der Waals surface area contributed by atoms with Crippen LogP contribution < -0.4 is 0 Å². The van der Waals surface area contributed by atoms with Crippen molar-refractivity contribution in [1.82, 2.24) is 5.06 Å². The first-order valence-electron chi connectivity index (χ1n) is 2.92. The highest BCUT2D eigenvalue weighted by atomic mass is 35.5. The number of hydrogen-bond donors (Lipinski definition) is 0. The summed E-state index contributed by atoms with van der Waals surface area (Å²) in [7, 11) is 0. The quantitative estimate of drug-likeness (QED) is 0.347. The van der Waals surface area contributed by atoms with E-state index < -0.39 is 0 Å². The van der Waals surface area contributed by atoms with Crippen molar-refractivity contribution in [3.05, 3.63) is 25.3 Å². The normalized spacial score (nSPS) is 8.09. The molecule has 64 valence electrons. The molecular formula is C7H12ClNO2. The highest BCUT2D eigenvalue weighted by Crippen LogP contribution is 1.87. The van der Waals surface area contributed by atoms with E-state index in [1.165, 1.54) is 5.06 Å². The molecular weight excluding hydrogens is 166 g/mol. The molecule has 0 fully saturated rings. The van der Waals surface area contributed by atoms with Crippen LogP contribution in [0, 0.1) is 0 Å². The predicted molar refractivity (Wildman–Crippen MR) is 46.4 cm³/mol. The van der Waals surface area contributed by atoms with Crippen LogP contribution in [0.5, 0.6) is 0 Å². The van der Waals surface area contributed by atoms with Crippen molar-refractivity contribution < 1.29 is 9.63 Å². The van der Waals surface area contributed by atoms with Gasteiger partial charge in [-0.25, -0.2) is 0 Å². The maximum atomic E-state index is 9.83. The van der Waals surface area contributed by atoms with Crippen LogP contribution in [0.3, 0.4) is 0 Å². The van der Waals surface area contributed by atoms with E-state index in [-0.39, 0.29) is 12.4 Å². The Labute approximate surface area is 72.7 Å². The Morgan fingerprint density at radius 3 is 2.00 bits per heavy atom. The van der Waals surface area contributed by atoms with E-state index >= 15 is 0 Å². The molecule has 0 spiro atoms. The number of halogens is 1. The second-order valence-corrected chi connectivity index (χ2v) is 1.63. The smallest absolute Gasteiger partial charge is 0.313 e. The molecule has 0 unspecified atom stereocenters. The standard InChI is InChI=1S/C7H11NO2.ClH/c1-3-5-8(6-4-2)10-7-9;/h3-4,7H,1-2,5-6H2;1H. The summed E-state index contributed by atoms with van der Waals surface area (Å²) in [5.74, 6) is 0. The lowest BCUT2D eigenvalue weighted by molar-refractivity contribution is -0.168. The molecule has 0 saturated carbocycles. The third-order valence-corrected chi connectivity index (χ3v) is 0.858. The molecule has 0 bridgehead atoms. The summed E-state index contributed by atoms with van der Waals surface area (Å²) in [6.07, 6.45) is 3.29. The Kier molecular flexibility index (Phi) is 10.7. The van der Waals surface area contributed by atoms with Crippen LogP contribution in [0.4, 0.5) is 0 Å². The van der Waals surface area contributed by atoms with Crippen LogP contribution in [0.2, 0.25) is 0 Å². The van der Waals surface area contributed by atoms with E-state index in [1.807, 2.05) is 0 Å². The van der Waals surface area contributed by atoms with Crippen LogP contribution in [0.25, 0.3) is 0 Å². The van der Waals surface area contributed by atoms with Gasteiger partial charge in [-0.15, -0.1) is 30.6 Å². The van der Waals surface area contributed by atoms with E-state index in [9.17, 15) is 4.79 Å². The molecule has 0 saturated heterocycles. The molecule has 0 aliphatic carbocycles. The minimum atomic E-state index is 0. The van der Waals surface area contributed by atoms with Gasteiger partial charge >= 0.3 is 6.47 Å². The number of hydroxylamine groups is 2. The number of hydrogen-bond acceptors (Lipinski definition) is 3. The van der Waals surface area contributed by atoms with Gasteiger partial charge in [0.15, 0.2) is 0 Å². The maximum absolute atomic E-state index is 9.83. The zero-order chi connectivity index (χ0) is 7.82. The number of nitrogens with zero attached hydrogens (tertiary/aromatic N) is 1. The minimum Gasteiger partial charge on any atom is -0.370 e. The van der Waals surface area contributed by atoms with Gasteiger partial charge in [0, 0.05) is 0 Å². The van der Waals surface area contributed by atoms with Gasteiger partial charge < -0.3 is 4.84 Å². The Bertz CT molecular complexity index is 104. The van der Waals surface area contributed by atoms with E-state index in [1.54, 1.807) is 12.2 Å². The molecule has 0 amide bonds. The molecule has 0 heterocycles. The minimum absolute atomic E-state index is 0. The van der Waals surface area contributed by atoms with Crippen molar-refractivity contribution in [3.8, 4) is 0 Å². The number of carbonyl (C=O) groups is 1. The van der Waals surface area contributed by atoms with Crippen LogP contribution in [0.1, 0.15) is 0 Å². The van der Waals surface area contributed by atoms with Gasteiger partial charge in [-0.1, -0.05) is 12.2 Å². The van der Waals surface area contributed by atoms with Crippen molar-refractivity contribution in [2.24, 2.45) is 0 Å². The first kappa shape index (κ1) is 12.8. The van der Waals surface area contributed by atoms with Crippen molar-refractivity contribution >= 4 is 18.9 Å². The molecule has 4 heteroatoms. The van der Waals surface area contributed by atoms with Crippen LogP contribution >= 0.6 is 12.4 Å². The van der Waals surface area contributed by atoms with Gasteiger partial charge in [0.2, 0.25) is 0 Å². The highest BCUT2D eigenvalue weighted by molar-refractivity contribution is 5.85. The predicted octanol–water partition coefficient (Wildman–Crippen LogP) is 1.17. The Hall–Kier alpha value is -0.800. The average Bonchev–Trinajstić information content (AvgIpc) is 1.90. The maximum Gasteiger partial charge on any atom is 0.313 e. The molecule has 0 aliphatic heterocycles. The summed E-state index contributed by atoms with van der Waals surface area (Å²) >= 11 is 0. The van der Waals surface area contributed by atoms with E-state index in [2.05, 4.69) is 18.0 Å². The Morgan fingerprint density at radius 1 is 1.27 bits per heavy atom. The first-order chi connectivity index (χ1) is 4.85. The molecule has 0 aliphatic rings. The lowest BCUT2D eigenvalue weighted by Gasteiger charge is -2.13. The SMILES string of the molecule is C=CCN(CC=C)OC=O.Cl. The Balaban J connectivity index is 0. The summed E-state index contributed by atoms with van der Waals surface area (Å²) in [4.78, 5) is 14.4. The van der Waals surface area contributed by atoms with Gasteiger partial charge in [-0.3, -0.25) is 4.79 Å². The number of rotatable bonds is 6. The van der Waals surface area contributed by atoms with Crippen LogP contribution in [-0.4, -0.2) is 24.6 Å². The third kappa shape index (κ3) is 7.09. The molecule has 0 radical (unpaired) electrons. The molecule has 0 N–H and O–H groups in total. The van der Waals surface area contributed by atoms with Gasteiger partial charge in [-0.2, -0.15) is 0 Å². The van der Waals surface area contributed by atoms with Crippen molar-refractivity contribution in [1.29, 1.82) is 0 Å². The first-order valence-corrected chi connectivity index (χ1v) is 2.92. The lowest BCUT2D eigenvalue weighted by Crippen LogP contribution is -2.23. The largest absolute Gasteiger partial charge is 0.370 e. The van der Waals surface area contributed by atoms with E-state index in [0.29, 0.717) is 19.6 Å². The average molecular weight is 178 g/mol. The van der Waals surface area contributed by atoms with Crippen molar-refractivity contribution in [2.75, 3.05) is 13.1 Å². The van der Waals surface area contributed by atoms with Gasteiger partial charge in [-0.05, 0) is 0 Å². The molecule has 0 aromatic carbocycles. The van der Waals surface area contributed by atoms with E-state index in [0.717, 1.165) is 0 Å². The zero-order valence-electron chi connectivity index (χ0n) is 6.23.